The van der Waals surface area contributed by atoms with E-state index in [-0.39, 0.29) is 11.8 Å². The Balaban J connectivity index is 1.67. The molecule has 2 amide bonds. The van der Waals surface area contributed by atoms with Gasteiger partial charge in [0.25, 0.3) is 11.8 Å². The van der Waals surface area contributed by atoms with Gasteiger partial charge in [0.1, 0.15) is 5.69 Å². The molecule has 2 aromatic carbocycles. The van der Waals surface area contributed by atoms with E-state index in [4.69, 9.17) is 0 Å². The highest BCUT2D eigenvalue weighted by Crippen LogP contribution is 2.17. The van der Waals surface area contributed by atoms with Crippen molar-refractivity contribution in [1.29, 1.82) is 0 Å². The average molecular weight is 321 g/mol. The zero-order valence-corrected chi connectivity index (χ0v) is 13.6. The Morgan fingerprint density at radius 2 is 1.75 bits per heavy atom. The number of H-pyrrole nitrogens is 1. The molecule has 5 heteroatoms. The zero-order valence-electron chi connectivity index (χ0n) is 13.6. The molecule has 0 fully saturated rings. The number of amides is 2. The summed E-state index contributed by atoms with van der Waals surface area (Å²) >= 11 is 0. The van der Waals surface area contributed by atoms with Crippen LogP contribution in [-0.2, 0) is 6.54 Å². The Morgan fingerprint density at radius 3 is 2.46 bits per heavy atom. The second kappa shape index (κ2) is 6.58. The van der Waals surface area contributed by atoms with Crippen LogP contribution in [0, 0.1) is 6.92 Å². The number of aryl methyl sites for hydroxylation is 1. The van der Waals surface area contributed by atoms with Crippen LogP contribution < -0.4 is 10.6 Å². The van der Waals surface area contributed by atoms with Gasteiger partial charge >= 0.3 is 0 Å². The van der Waals surface area contributed by atoms with E-state index in [2.05, 4.69) is 15.6 Å². The van der Waals surface area contributed by atoms with E-state index in [0.29, 0.717) is 17.8 Å². The van der Waals surface area contributed by atoms with Crippen molar-refractivity contribution in [2.24, 2.45) is 0 Å². The normalized spacial score (nSPS) is 10.6. The Bertz CT molecular complexity index is 895. The van der Waals surface area contributed by atoms with Crippen molar-refractivity contribution in [2.45, 2.75) is 13.5 Å². The van der Waals surface area contributed by atoms with E-state index in [9.17, 15) is 9.59 Å². The van der Waals surface area contributed by atoms with Crippen LogP contribution in [0.2, 0.25) is 0 Å². The van der Waals surface area contributed by atoms with Crippen molar-refractivity contribution in [3.63, 3.8) is 0 Å². The van der Waals surface area contributed by atoms with Gasteiger partial charge in [0.2, 0.25) is 0 Å². The van der Waals surface area contributed by atoms with Gasteiger partial charge in [-0.15, -0.1) is 0 Å². The first-order valence-electron chi connectivity index (χ1n) is 7.75. The molecule has 0 aliphatic rings. The van der Waals surface area contributed by atoms with E-state index < -0.39 is 0 Å². The number of carbonyl (C=O) groups is 2. The van der Waals surface area contributed by atoms with Gasteiger partial charge in [0.15, 0.2) is 0 Å². The van der Waals surface area contributed by atoms with Gasteiger partial charge < -0.3 is 15.6 Å². The number of benzene rings is 2. The first-order chi connectivity index (χ1) is 11.6. The molecule has 0 atom stereocenters. The van der Waals surface area contributed by atoms with Crippen molar-refractivity contribution in [3.8, 4) is 0 Å². The summed E-state index contributed by atoms with van der Waals surface area (Å²) in [6.07, 6.45) is 0. The third-order valence-corrected chi connectivity index (χ3v) is 3.92. The van der Waals surface area contributed by atoms with Gasteiger partial charge in [-0.2, -0.15) is 0 Å². The highest BCUT2D eigenvalue weighted by molar-refractivity contribution is 5.98. The maximum atomic E-state index is 12.3. The number of fused-ring (bicyclic) bond motifs is 1. The standard InChI is InChI=1S/C19H19N3O2/c1-12-3-6-15-10-17(22-16(15)9-12)19(24)21-11-13-4-7-14(8-5-13)18(23)20-2/h3-10,22H,11H2,1-2H3,(H,20,23)(H,21,24). The molecule has 0 unspecified atom stereocenters. The molecule has 0 saturated heterocycles. The van der Waals surface area contributed by atoms with E-state index in [1.54, 1.807) is 19.2 Å². The Morgan fingerprint density at radius 1 is 1.00 bits per heavy atom. The molecule has 0 radical (unpaired) electrons. The number of aromatic nitrogens is 1. The van der Waals surface area contributed by atoms with Crippen molar-refractivity contribution in [3.05, 3.63) is 70.9 Å². The lowest BCUT2D eigenvalue weighted by Crippen LogP contribution is -2.23. The van der Waals surface area contributed by atoms with Crippen LogP contribution in [0.5, 0.6) is 0 Å². The summed E-state index contributed by atoms with van der Waals surface area (Å²) in [5.41, 5.74) is 4.17. The highest BCUT2D eigenvalue weighted by atomic mass is 16.2. The van der Waals surface area contributed by atoms with Crippen LogP contribution >= 0.6 is 0 Å². The lowest BCUT2D eigenvalue weighted by atomic mass is 10.1. The molecule has 1 heterocycles. The number of carbonyl (C=O) groups excluding carboxylic acids is 2. The van der Waals surface area contributed by atoms with Crippen molar-refractivity contribution >= 4 is 22.7 Å². The SMILES string of the molecule is CNC(=O)c1ccc(CNC(=O)c2cc3ccc(C)cc3[nH]2)cc1. The van der Waals surface area contributed by atoms with Crippen LogP contribution in [-0.4, -0.2) is 23.8 Å². The summed E-state index contributed by atoms with van der Waals surface area (Å²) < 4.78 is 0. The van der Waals surface area contributed by atoms with Gasteiger partial charge in [-0.25, -0.2) is 0 Å². The minimum absolute atomic E-state index is 0.126. The minimum atomic E-state index is -0.153. The van der Waals surface area contributed by atoms with E-state index >= 15 is 0 Å². The fourth-order valence-corrected chi connectivity index (χ4v) is 2.56. The fourth-order valence-electron chi connectivity index (χ4n) is 2.56. The third kappa shape index (κ3) is 3.30. The van der Waals surface area contributed by atoms with E-state index in [0.717, 1.165) is 22.0 Å². The van der Waals surface area contributed by atoms with Gasteiger partial charge in [-0.05, 0) is 42.3 Å². The van der Waals surface area contributed by atoms with Crippen molar-refractivity contribution in [1.82, 2.24) is 15.6 Å². The van der Waals surface area contributed by atoms with Crippen molar-refractivity contribution < 1.29 is 9.59 Å². The molecule has 0 spiro atoms. The maximum absolute atomic E-state index is 12.3. The smallest absolute Gasteiger partial charge is 0.267 e. The second-order valence-corrected chi connectivity index (χ2v) is 5.73. The number of rotatable bonds is 4. The Hall–Kier alpha value is -3.08. The molecular weight excluding hydrogens is 302 g/mol. The molecule has 122 valence electrons. The molecule has 0 saturated carbocycles. The zero-order chi connectivity index (χ0) is 17.1. The summed E-state index contributed by atoms with van der Waals surface area (Å²) in [4.78, 5) is 26.9. The predicted molar refractivity (Wildman–Crippen MR) is 94.0 cm³/mol. The quantitative estimate of drug-likeness (QED) is 0.691. The second-order valence-electron chi connectivity index (χ2n) is 5.73. The van der Waals surface area contributed by atoms with Gasteiger partial charge in [0.05, 0.1) is 0 Å². The molecular formula is C19H19N3O2. The molecule has 3 rings (SSSR count). The Labute approximate surface area is 140 Å². The van der Waals surface area contributed by atoms with Crippen LogP contribution in [0.3, 0.4) is 0 Å². The predicted octanol–water partition coefficient (Wildman–Crippen LogP) is 2.77. The summed E-state index contributed by atoms with van der Waals surface area (Å²) in [5.74, 6) is -0.279. The van der Waals surface area contributed by atoms with Gasteiger partial charge in [-0.1, -0.05) is 24.3 Å². The summed E-state index contributed by atoms with van der Waals surface area (Å²) in [6, 6.07) is 15.0. The monoisotopic (exact) mass is 321 g/mol. The topological polar surface area (TPSA) is 74.0 Å². The first-order valence-corrected chi connectivity index (χ1v) is 7.75. The maximum Gasteiger partial charge on any atom is 0.267 e. The number of hydrogen-bond acceptors (Lipinski definition) is 2. The first kappa shape index (κ1) is 15.8. The van der Waals surface area contributed by atoms with Crippen LogP contribution in [0.1, 0.15) is 32.0 Å². The summed E-state index contributed by atoms with van der Waals surface area (Å²) in [7, 11) is 1.60. The minimum Gasteiger partial charge on any atom is -0.355 e. The molecule has 1 aromatic heterocycles. The van der Waals surface area contributed by atoms with Crippen LogP contribution in [0.4, 0.5) is 0 Å². The summed E-state index contributed by atoms with van der Waals surface area (Å²) in [6.45, 7) is 2.42. The average Bonchev–Trinajstić information content (AvgIpc) is 3.02. The number of aromatic amines is 1. The molecule has 5 nitrogen and oxygen atoms in total. The van der Waals surface area contributed by atoms with Gasteiger partial charge in [0, 0.05) is 30.1 Å². The molecule has 0 aliphatic heterocycles. The molecule has 0 aliphatic carbocycles. The van der Waals surface area contributed by atoms with Crippen molar-refractivity contribution in [2.75, 3.05) is 7.05 Å². The number of nitrogens with one attached hydrogen (secondary N) is 3. The molecule has 3 N–H and O–H groups in total. The number of hydrogen-bond donors (Lipinski definition) is 3. The largest absolute Gasteiger partial charge is 0.355 e. The third-order valence-electron chi connectivity index (χ3n) is 3.92. The Kier molecular flexibility index (Phi) is 4.33. The molecule has 0 bridgehead atoms. The lowest BCUT2D eigenvalue weighted by Gasteiger charge is -2.05. The van der Waals surface area contributed by atoms with E-state index in [1.165, 1.54) is 0 Å². The summed E-state index contributed by atoms with van der Waals surface area (Å²) in [5, 5.41) is 6.47. The van der Waals surface area contributed by atoms with Crippen LogP contribution in [0.25, 0.3) is 10.9 Å². The lowest BCUT2D eigenvalue weighted by molar-refractivity contribution is 0.0942. The highest BCUT2D eigenvalue weighted by Gasteiger charge is 2.09. The van der Waals surface area contributed by atoms with E-state index in [1.807, 2.05) is 43.3 Å². The molecule has 24 heavy (non-hydrogen) atoms. The fraction of sp³-hybridized carbons (Fsp3) is 0.158. The molecule has 3 aromatic rings. The van der Waals surface area contributed by atoms with Crippen LogP contribution in [0.15, 0.2) is 48.5 Å². The van der Waals surface area contributed by atoms with Gasteiger partial charge in [-0.3, -0.25) is 9.59 Å².